The lowest BCUT2D eigenvalue weighted by Crippen LogP contribution is -2.36. The maximum absolute atomic E-state index is 13.1. The summed E-state index contributed by atoms with van der Waals surface area (Å²) in [5, 5.41) is 2.62. The van der Waals surface area contributed by atoms with Gasteiger partial charge in [0.25, 0.3) is 0 Å². The molecule has 1 atom stereocenters. The van der Waals surface area contributed by atoms with Gasteiger partial charge in [-0.1, -0.05) is 42.5 Å². The van der Waals surface area contributed by atoms with Crippen LogP contribution in [0.25, 0.3) is 0 Å². The lowest BCUT2D eigenvalue weighted by Gasteiger charge is -2.28. The van der Waals surface area contributed by atoms with E-state index in [9.17, 15) is 9.18 Å². The van der Waals surface area contributed by atoms with E-state index in [2.05, 4.69) is 5.32 Å². The number of amides is 1. The molecule has 3 nitrogen and oxygen atoms in total. The third-order valence-electron chi connectivity index (χ3n) is 3.41. The van der Waals surface area contributed by atoms with Crippen molar-refractivity contribution in [2.45, 2.75) is 6.04 Å². The first kappa shape index (κ1) is 15.2. The van der Waals surface area contributed by atoms with Gasteiger partial charge in [0.05, 0.1) is 12.6 Å². The van der Waals surface area contributed by atoms with Crippen molar-refractivity contribution >= 4 is 5.91 Å². The Morgan fingerprint density at radius 1 is 1.10 bits per heavy atom. The summed E-state index contributed by atoms with van der Waals surface area (Å²) in [6, 6.07) is 16.2. The summed E-state index contributed by atoms with van der Waals surface area (Å²) in [7, 11) is 3.50. The minimum Gasteiger partial charge on any atom is -0.358 e. The summed E-state index contributed by atoms with van der Waals surface area (Å²) in [5.41, 5.74) is 2.02. The molecule has 2 aromatic rings. The van der Waals surface area contributed by atoms with Gasteiger partial charge in [-0.25, -0.2) is 4.39 Å². The van der Waals surface area contributed by atoms with Gasteiger partial charge in [0.1, 0.15) is 5.82 Å². The molecule has 0 radical (unpaired) electrons. The Hall–Kier alpha value is -2.20. The van der Waals surface area contributed by atoms with Crippen molar-refractivity contribution in [2.75, 3.05) is 20.6 Å². The zero-order valence-corrected chi connectivity index (χ0v) is 12.2. The highest BCUT2D eigenvalue weighted by Gasteiger charge is 2.20. The van der Waals surface area contributed by atoms with Gasteiger partial charge in [0, 0.05) is 7.05 Å². The fraction of sp³-hybridized carbons (Fsp3) is 0.235. The smallest absolute Gasteiger partial charge is 0.233 e. The molecular formula is C17H19FN2O. The van der Waals surface area contributed by atoms with E-state index in [4.69, 9.17) is 0 Å². The Morgan fingerprint density at radius 2 is 1.67 bits per heavy atom. The second-order valence-electron chi connectivity index (χ2n) is 4.95. The van der Waals surface area contributed by atoms with Crippen LogP contribution in [0.1, 0.15) is 17.2 Å². The van der Waals surface area contributed by atoms with E-state index in [1.807, 2.05) is 42.3 Å². The van der Waals surface area contributed by atoms with Crippen LogP contribution < -0.4 is 5.32 Å². The van der Waals surface area contributed by atoms with Crippen molar-refractivity contribution < 1.29 is 9.18 Å². The molecule has 21 heavy (non-hydrogen) atoms. The highest BCUT2D eigenvalue weighted by molar-refractivity contribution is 5.77. The van der Waals surface area contributed by atoms with Crippen LogP contribution in [0.15, 0.2) is 54.6 Å². The number of benzene rings is 2. The fourth-order valence-corrected chi connectivity index (χ4v) is 2.38. The zero-order chi connectivity index (χ0) is 15.2. The van der Waals surface area contributed by atoms with Gasteiger partial charge >= 0.3 is 0 Å². The van der Waals surface area contributed by atoms with E-state index in [-0.39, 0.29) is 24.3 Å². The second-order valence-corrected chi connectivity index (χ2v) is 4.95. The number of hydrogen-bond donors (Lipinski definition) is 1. The van der Waals surface area contributed by atoms with Crippen LogP contribution in [0.5, 0.6) is 0 Å². The quantitative estimate of drug-likeness (QED) is 0.916. The number of rotatable bonds is 5. The van der Waals surface area contributed by atoms with Crippen LogP contribution in [-0.4, -0.2) is 31.4 Å². The molecule has 0 fully saturated rings. The van der Waals surface area contributed by atoms with E-state index in [0.717, 1.165) is 11.1 Å². The van der Waals surface area contributed by atoms with Gasteiger partial charge in [0.15, 0.2) is 0 Å². The number of halogens is 1. The normalized spacial score (nSPS) is 12.2. The second kappa shape index (κ2) is 6.99. The molecule has 2 rings (SSSR count). The lowest BCUT2D eigenvalue weighted by atomic mass is 9.97. The van der Waals surface area contributed by atoms with E-state index >= 15 is 0 Å². The van der Waals surface area contributed by atoms with Gasteiger partial charge in [-0.05, 0) is 30.3 Å². The molecular weight excluding hydrogens is 267 g/mol. The van der Waals surface area contributed by atoms with Gasteiger partial charge in [-0.15, -0.1) is 0 Å². The first-order valence-electron chi connectivity index (χ1n) is 6.83. The molecule has 0 aliphatic carbocycles. The number of carbonyl (C=O) groups is 1. The molecule has 0 heterocycles. The molecule has 1 N–H and O–H groups in total. The summed E-state index contributed by atoms with van der Waals surface area (Å²) in [4.78, 5) is 13.6. The number of carbonyl (C=O) groups excluding carboxylic acids is 1. The van der Waals surface area contributed by atoms with Gasteiger partial charge in [-0.2, -0.15) is 0 Å². The first-order chi connectivity index (χ1) is 10.1. The van der Waals surface area contributed by atoms with Crippen molar-refractivity contribution in [3.8, 4) is 0 Å². The van der Waals surface area contributed by atoms with Crippen LogP contribution in [0.4, 0.5) is 4.39 Å². The molecule has 0 bridgehead atoms. The summed E-state index contributed by atoms with van der Waals surface area (Å²) >= 11 is 0. The standard InChI is InChI=1S/C17H19FN2O/c1-19-16(21)12-20(2)17(13-6-4-3-5-7-13)14-8-10-15(18)11-9-14/h3-11,17H,12H2,1-2H3,(H,19,21). The minimum atomic E-state index is -0.264. The minimum absolute atomic E-state index is 0.0551. The fourth-order valence-electron chi connectivity index (χ4n) is 2.38. The van der Waals surface area contributed by atoms with Crippen molar-refractivity contribution in [1.82, 2.24) is 10.2 Å². The maximum Gasteiger partial charge on any atom is 0.233 e. The lowest BCUT2D eigenvalue weighted by molar-refractivity contribution is -0.121. The molecule has 1 amide bonds. The molecule has 0 aliphatic heterocycles. The topological polar surface area (TPSA) is 32.3 Å². The number of likely N-dealkylation sites (N-methyl/N-ethyl adjacent to an activating group) is 2. The summed E-state index contributed by atoms with van der Waals surface area (Å²) < 4.78 is 13.1. The van der Waals surface area contributed by atoms with Crippen molar-refractivity contribution in [3.05, 3.63) is 71.5 Å². The molecule has 2 aromatic carbocycles. The third kappa shape index (κ3) is 3.89. The van der Waals surface area contributed by atoms with E-state index in [1.54, 1.807) is 19.2 Å². The predicted octanol–water partition coefficient (Wildman–Crippen LogP) is 2.59. The summed E-state index contributed by atoms with van der Waals surface area (Å²) in [5.74, 6) is -0.319. The molecule has 4 heteroatoms. The monoisotopic (exact) mass is 286 g/mol. The molecule has 0 saturated carbocycles. The Labute approximate surface area is 124 Å². The number of nitrogens with zero attached hydrogens (tertiary/aromatic N) is 1. The molecule has 110 valence electrons. The summed E-state index contributed by atoms with van der Waals surface area (Å²) in [6.45, 7) is 0.271. The van der Waals surface area contributed by atoms with Crippen molar-refractivity contribution in [1.29, 1.82) is 0 Å². The average Bonchev–Trinajstić information content (AvgIpc) is 2.50. The highest BCUT2D eigenvalue weighted by atomic mass is 19.1. The van der Waals surface area contributed by atoms with Crippen LogP contribution in [-0.2, 0) is 4.79 Å². The van der Waals surface area contributed by atoms with Crippen LogP contribution >= 0.6 is 0 Å². The van der Waals surface area contributed by atoms with E-state index in [1.165, 1.54) is 12.1 Å². The molecule has 0 spiro atoms. The Morgan fingerprint density at radius 3 is 2.24 bits per heavy atom. The van der Waals surface area contributed by atoms with Gasteiger partial charge < -0.3 is 5.32 Å². The average molecular weight is 286 g/mol. The molecule has 0 aliphatic rings. The van der Waals surface area contributed by atoms with Gasteiger partial charge in [-0.3, -0.25) is 9.69 Å². The Balaban J connectivity index is 2.35. The Bertz CT molecular complexity index is 583. The molecule has 0 saturated heterocycles. The van der Waals surface area contributed by atoms with Crippen molar-refractivity contribution in [3.63, 3.8) is 0 Å². The molecule has 0 aromatic heterocycles. The van der Waals surface area contributed by atoms with E-state index < -0.39 is 0 Å². The van der Waals surface area contributed by atoms with Crippen molar-refractivity contribution in [2.24, 2.45) is 0 Å². The van der Waals surface area contributed by atoms with Crippen LogP contribution in [0.3, 0.4) is 0 Å². The highest BCUT2D eigenvalue weighted by Crippen LogP contribution is 2.27. The summed E-state index contributed by atoms with van der Waals surface area (Å²) in [6.07, 6.45) is 0. The van der Waals surface area contributed by atoms with Crippen LogP contribution in [0, 0.1) is 5.82 Å². The Kier molecular flexibility index (Phi) is 5.06. The van der Waals surface area contributed by atoms with E-state index in [0.29, 0.717) is 0 Å². The molecule has 1 unspecified atom stereocenters. The third-order valence-corrected chi connectivity index (χ3v) is 3.41. The van der Waals surface area contributed by atoms with Gasteiger partial charge in [0.2, 0.25) is 5.91 Å². The first-order valence-corrected chi connectivity index (χ1v) is 6.83. The van der Waals surface area contributed by atoms with Crippen LogP contribution in [0.2, 0.25) is 0 Å². The largest absolute Gasteiger partial charge is 0.358 e. The SMILES string of the molecule is CNC(=O)CN(C)C(c1ccccc1)c1ccc(F)cc1. The number of hydrogen-bond acceptors (Lipinski definition) is 2. The zero-order valence-electron chi connectivity index (χ0n) is 12.2. The number of nitrogens with one attached hydrogen (secondary N) is 1. The predicted molar refractivity (Wildman–Crippen MR) is 81.4 cm³/mol. The maximum atomic E-state index is 13.1.